The van der Waals surface area contributed by atoms with Crippen LogP contribution in [0.5, 0.6) is 0 Å². The molecule has 0 radical (unpaired) electrons. The van der Waals surface area contributed by atoms with Crippen LogP contribution in [0.2, 0.25) is 0 Å². The van der Waals surface area contributed by atoms with Crippen LogP contribution < -0.4 is 5.73 Å². The van der Waals surface area contributed by atoms with Crippen molar-refractivity contribution >= 4 is 5.97 Å². The molecular weight excluding hydrogens is 178 g/mol. The Hall–Kier alpha value is -1.35. The van der Waals surface area contributed by atoms with Gasteiger partial charge in [-0.25, -0.2) is 4.79 Å². The molecule has 0 aliphatic heterocycles. The summed E-state index contributed by atoms with van der Waals surface area (Å²) in [5.74, 6) is -0.410. The van der Waals surface area contributed by atoms with E-state index in [2.05, 4.69) is 0 Å². The molecule has 0 spiro atoms. The van der Waals surface area contributed by atoms with Gasteiger partial charge < -0.3 is 10.8 Å². The molecule has 0 unspecified atom stereocenters. The minimum absolute atomic E-state index is 0.109. The minimum Gasteiger partial charge on any atom is -0.478 e. The maximum atomic E-state index is 10.9. The van der Waals surface area contributed by atoms with Gasteiger partial charge in [0.1, 0.15) is 0 Å². The molecule has 1 saturated carbocycles. The molecule has 3 heteroatoms. The molecule has 74 valence electrons. The van der Waals surface area contributed by atoms with Gasteiger partial charge in [-0.15, -0.1) is 0 Å². The molecule has 2 rings (SSSR count). The number of carboxylic acids is 1. The van der Waals surface area contributed by atoms with Crippen molar-refractivity contribution < 1.29 is 9.90 Å². The highest BCUT2D eigenvalue weighted by molar-refractivity contribution is 5.89. The molecule has 1 aromatic rings. The summed E-state index contributed by atoms with van der Waals surface area (Å²) < 4.78 is 0. The van der Waals surface area contributed by atoms with Crippen LogP contribution in [0.25, 0.3) is 0 Å². The van der Waals surface area contributed by atoms with Gasteiger partial charge in [0.05, 0.1) is 5.56 Å². The number of nitrogens with two attached hydrogens (primary N) is 1. The SMILES string of the molecule is N[C@@H](c1ccccc1C(=O)O)C1CC1. The summed E-state index contributed by atoms with van der Waals surface area (Å²) >= 11 is 0. The predicted octanol–water partition coefficient (Wildman–Crippen LogP) is 1.79. The fourth-order valence-electron chi connectivity index (χ4n) is 1.69. The summed E-state index contributed by atoms with van der Waals surface area (Å²) in [5.41, 5.74) is 7.08. The minimum atomic E-state index is -0.892. The monoisotopic (exact) mass is 191 g/mol. The normalized spacial score (nSPS) is 17.8. The largest absolute Gasteiger partial charge is 0.478 e. The highest BCUT2D eigenvalue weighted by Crippen LogP contribution is 2.40. The fraction of sp³-hybridized carbons (Fsp3) is 0.364. The maximum Gasteiger partial charge on any atom is 0.336 e. The zero-order chi connectivity index (χ0) is 10.1. The molecule has 14 heavy (non-hydrogen) atoms. The Balaban J connectivity index is 2.34. The summed E-state index contributed by atoms with van der Waals surface area (Å²) in [6.45, 7) is 0. The lowest BCUT2D eigenvalue weighted by Gasteiger charge is -2.13. The van der Waals surface area contributed by atoms with E-state index in [1.807, 2.05) is 12.1 Å². The van der Waals surface area contributed by atoms with Crippen LogP contribution in [0, 0.1) is 5.92 Å². The second kappa shape index (κ2) is 3.42. The van der Waals surface area contributed by atoms with Crippen molar-refractivity contribution in [2.24, 2.45) is 11.7 Å². The first-order valence-electron chi connectivity index (χ1n) is 4.78. The Kier molecular flexibility index (Phi) is 2.25. The number of carboxylic acid groups (broad SMARTS) is 1. The Morgan fingerprint density at radius 3 is 2.64 bits per heavy atom. The second-order valence-corrected chi connectivity index (χ2v) is 3.76. The topological polar surface area (TPSA) is 63.3 Å². The lowest BCUT2D eigenvalue weighted by molar-refractivity contribution is 0.0695. The molecular formula is C11H13NO2. The molecule has 1 aliphatic carbocycles. The average Bonchev–Trinajstić information content (AvgIpc) is 3.00. The number of hydrogen-bond acceptors (Lipinski definition) is 2. The Bertz CT molecular complexity index is 358. The van der Waals surface area contributed by atoms with Crippen LogP contribution in [-0.2, 0) is 0 Å². The Morgan fingerprint density at radius 1 is 1.43 bits per heavy atom. The van der Waals surface area contributed by atoms with E-state index in [1.54, 1.807) is 12.1 Å². The maximum absolute atomic E-state index is 10.9. The first-order valence-corrected chi connectivity index (χ1v) is 4.78. The third-order valence-corrected chi connectivity index (χ3v) is 2.68. The molecule has 1 aliphatic rings. The smallest absolute Gasteiger partial charge is 0.336 e. The lowest BCUT2D eigenvalue weighted by Crippen LogP contribution is -2.16. The first kappa shape index (κ1) is 9.21. The van der Waals surface area contributed by atoms with Gasteiger partial charge in [0.2, 0.25) is 0 Å². The summed E-state index contributed by atoms with van der Waals surface area (Å²) in [5, 5.41) is 8.96. The van der Waals surface area contributed by atoms with Crippen molar-refractivity contribution in [1.82, 2.24) is 0 Å². The quantitative estimate of drug-likeness (QED) is 0.765. The van der Waals surface area contributed by atoms with E-state index < -0.39 is 5.97 Å². The molecule has 1 fully saturated rings. The van der Waals surface area contributed by atoms with Gasteiger partial charge in [-0.3, -0.25) is 0 Å². The van der Waals surface area contributed by atoms with Crippen LogP contribution in [0.15, 0.2) is 24.3 Å². The van der Waals surface area contributed by atoms with Crippen molar-refractivity contribution in [3.63, 3.8) is 0 Å². The van der Waals surface area contributed by atoms with Gasteiger partial charge in [-0.05, 0) is 30.4 Å². The molecule has 0 saturated heterocycles. The van der Waals surface area contributed by atoms with Crippen molar-refractivity contribution in [2.75, 3.05) is 0 Å². The average molecular weight is 191 g/mol. The highest BCUT2D eigenvalue weighted by Gasteiger charge is 2.31. The standard InChI is InChI=1S/C11H13NO2/c12-10(7-5-6-7)8-3-1-2-4-9(8)11(13)14/h1-4,7,10H,5-6,12H2,(H,13,14)/t10-/m1/s1. The van der Waals surface area contributed by atoms with Crippen molar-refractivity contribution in [1.29, 1.82) is 0 Å². The van der Waals surface area contributed by atoms with Crippen LogP contribution in [0.3, 0.4) is 0 Å². The van der Waals surface area contributed by atoms with Crippen molar-refractivity contribution in [3.05, 3.63) is 35.4 Å². The van der Waals surface area contributed by atoms with E-state index >= 15 is 0 Å². The van der Waals surface area contributed by atoms with E-state index in [-0.39, 0.29) is 6.04 Å². The third-order valence-electron chi connectivity index (χ3n) is 2.68. The number of hydrogen-bond donors (Lipinski definition) is 2. The lowest BCUT2D eigenvalue weighted by atomic mass is 9.98. The molecule has 0 bridgehead atoms. The van der Waals surface area contributed by atoms with Crippen LogP contribution in [0.1, 0.15) is 34.8 Å². The molecule has 0 aromatic heterocycles. The molecule has 3 nitrogen and oxygen atoms in total. The summed E-state index contributed by atoms with van der Waals surface area (Å²) in [4.78, 5) is 10.9. The van der Waals surface area contributed by atoms with Crippen molar-refractivity contribution in [3.8, 4) is 0 Å². The van der Waals surface area contributed by atoms with Gasteiger partial charge in [-0.1, -0.05) is 18.2 Å². The van der Waals surface area contributed by atoms with Gasteiger partial charge in [0, 0.05) is 6.04 Å². The number of aromatic carboxylic acids is 1. The van der Waals surface area contributed by atoms with Crippen LogP contribution in [0.4, 0.5) is 0 Å². The highest BCUT2D eigenvalue weighted by atomic mass is 16.4. The van der Waals surface area contributed by atoms with E-state index in [4.69, 9.17) is 10.8 Å². The number of rotatable bonds is 3. The van der Waals surface area contributed by atoms with Gasteiger partial charge in [0.15, 0.2) is 0 Å². The molecule has 1 aromatic carbocycles. The number of carbonyl (C=O) groups is 1. The first-order chi connectivity index (χ1) is 6.70. The molecule has 0 heterocycles. The number of benzene rings is 1. The van der Waals surface area contributed by atoms with Crippen molar-refractivity contribution in [2.45, 2.75) is 18.9 Å². The Labute approximate surface area is 82.5 Å². The van der Waals surface area contributed by atoms with Crippen LogP contribution >= 0.6 is 0 Å². The molecule has 3 N–H and O–H groups in total. The zero-order valence-electron chi connectivity index (χ0n) is 7.81. The third kappa shape index (κ3) is 1.63. The summed E-state index contributed by atoms with van der Waals surface area (Å²) in [6.07, 6.45) is 2.24. The van der Waals surface area contributed by atoms with Gasteiger partial charge in [-0.2, -0.15) is 0 Å². The zero-order valence-corrected chi connectivity index (χ0v) is 7.81. The molecule has 1 atom stereocenters. The second-order valence-electron chi connectivity index (χ2n) is 3.76. The summed E-state index contributed by atoms with van der Waals surface area (Å²) in [7, 11) is 0. The Morgan fingerprint density at radius 2 is 2.07 bits per heavy atom. The van der Waals surface area contributed by atoms with E-state index in [0.717, 1.165) is 18.4 Å². The van der Waals surface area contributed by atoms with E-state index in [1.165, 1.54) is 0 Å². The predicted molar refractivity (Wildman–Crippen MR) is 53.1 cm³/mol. The molecule has 0 amide bonds. The van der Waals surface area contributed by atoms with Gasteiger partial charge >= 0.3 is 5.97 Å². The fourth-order valence-corrected chi connectivity index (χ4v) is 1.69. The van der Waals surface area contributed by atoms with E-state index in [9.17, 15) is 4.79 Å². The van der Waals surface area contributed by atoms with Gasteiger partial charge in [0.25, 0.3) is 0 Å². The van der Waals surface area contributed by atoms with Crippen LogP contribution in [-0.4, -0.2) is 11.1 Å². The van der Waals surface area contributed by atoms with E-state index in [0.29, 0.717) is 11.5 Å². The summed E-state index contributed by atoms with van der Waals surface area (Å²) in [6, 6.07) is 6.88.